The number of rotatable bonds is 5. The molecule has 2 aliphatic heterocycles. The quantitative estimate of drug-likeness (QED) is 0.871. The van der Waals surface area contributed by atoms with Crippen LogP contribution in [0.5, 0.6) is 0 Å². The molecule has 0 spiro atoms. The molecular weight excluding hydrogens is 328 g/mol. The van der Waals surface area contributed by atoms with Crippen LogP contribution in [0.4, 0.5) is 5.69 Å². The number of carbonyl (C=O) groups is 2. The first-order valence-corrected chi connectivity index (χ1v) is 9.71. The molecule has 1 fully saturated rings. The zero-order valence-corrected chi connectivity index (χ0v) is 14.1. The number of carbonyl (C=O) groups excluding carboxylic acids is 2. The summed E-state index contributed by atoms with van der Waals surface area (Å²) in [6.45, 7) is 1.14. The SMILES string of the molecule is O=C(C[C@@H]1C=CS(=O)(=O)C1)NCc1ccc(N2CCCC2=O)cc1. The Hall–Kier alpha value is -2.15. The number of amides is 2. The third-order valence-corrected chi connectivity index (χ3v) is 5.73. The van der Waals surface area contributed by atoms with Gasteiger partial charge in [-0.15, -0.1) is 0 Å². The van der Waals surface area contributed by atoms with Crippen LogP contribution in [0.3, 0.4) is 0 Å². The van der Waals surface area contributed by atoms with Gasteiger partial charge >= 0.3 is 0 Å². The standard InChI is InChI=1S/C17H20N2O4S/c20-16(10-14-7-9-24(22,23)12-14)18-11-13-3-5-15(6-4-13)19-8-1-2-17(19)21/h3-7,9,14H,1-2,8,10-12H2,(H,18,20)/t14-/m0/s1. The molecule has 6 nitrogen and oxygen atoms in total. The van der Waals surface area contributed by atoms with E-state index >= 15 is 0 Å². The van der Waals surface area contributed by atoms with E-state index in [4.69, 9.17) is 0 Å². The number of anilines is 1. The van der Waals surface area contributed by atoms with Gasteiger partial charge in [-0.2, -0.15) is 0 Å². The minimum absolute atomic E-state index is 0.0129. The topological polar surface area (TPSA) is 83.6 Å². The van der Waals surface area contributed by atoms with E-state index in [9.17, 15) is 18.0 Å². The number of nitrogens with zero attached hydrogens (tertiary/aromatic N) is 1. The van der Waals surface area contributed by atoms with Crippen LogP contribution in [0.1, 0.15) is 24.8 Å². The molecule has 0 saturated carbocycles. The van der Waals surface area contributed by atoms with Crippen LogP contribution in [0, 0.1) is 5.92 Å². The van der Waals surface area contributed by atoms with Crippen LogP contribution in [-0.4, -0.2) is 32.5 Å². The van der Waals surface area contributed by atoms with Crippen molar-refractivity contribution in [1.82, 2.24) is 5.32 Å². The fourth-order valence-electron chi connectivity index (χ4n) is 2.99. The van der Waals surface area contributed by atoms with Gasteiger partial charge in [0.15, 0.2) is 9.84 Å². The summed E-state index contributed by atoms with van der Waals surface area (Å²) in [5.41, 5.74) is 1.82. The minimum Gasteiger partial charge on any atom is -0.352 e. The average molecular weight is 348 g/mol. The van der Waals surface area contributed by atoms with Crippen molar-refractivity contribution in [1.29, 1.82) is 0 Å². The highest BCUT2D eigenvalue weighted by molar-refractivity contribution is 7.94. The second kappa shape index (κ2) is 6.76. The van der Waals surface area contributed by atoms with Crippen molar-refractivity contribution in [3.63, 3.8) is 0 Å². The van der Waals surface area contributed by atoms with Gasteiger partial charge in [0.05, 0.1) is 5.75 Å². The maximum Gasteiger partial charge on any atom is 0.227 e. The number of sulfone groups is 1. The van der Waals surface area contributed by atoms with E-state index < -0.39 is 9.84 Å². The third-order valence-electron chi connectivity index (χ3n) is 4.26. The van der Waals surface area contributed by atoms with Crippen LogP contribution in [0.15, 0.2) is 35.7 Å². The summed E-state index contributed by atoms with van der Waals surface area (Å²) in [4.78, 5) is 25.4. The lowest BCUT2D eigenvalue weighted by atomic mass is 10.1. The maximum absolute atomic E-state index is 11.9. The second-order valence-corrected chi connectivity index (χ2v) is 8.15. The van der Waals surface area contributed by atoms with E-state index in [0.717, 1.165) is 24.2 Å². The van der Waals surface area contributed by atoms with E-state index in [2.05, 4.69) is 5.32 Å². The van der Waals surface area contributed by atoms with Crippen molar-refractivity contribution >= 4 is 27.3 Å². The predicted molar refractivity (Wildman–Crippen MR) is 90.9 cm³/mol. The van der Waals surface area contributed by atoms with Gasteiger partial charge < -0.3 is 10.2 Å². The molecule has 0 aliphatic carbocycles. The van der Waals surface area contributed by atoms with Crippen molar-refractivity contribution in [3.8, 4) is 0 Å². The normalized spacial score (nSPS) is 22.1. The molecule has 7 heteroatoms. The maximum atomic E-state index is 11.9. The molecule has 1 aromatic rings. The highest BCUT2D eigenvalue weighted by atomic mass is 32.2. The van der Waals surface area contributed by atoms with Gasteiger partial charge in [0.1, 0.15) is 0 Å². The van der Waals surface area contributed by atoms with E-state index in [-0.39, 0.29) is 29.9 Å². The first kappa shape index (κ1) is 16.7. The summed E-state index contributed by atoms with van der Waals surface area (Å²) in [5, 5.41) is 3.99. The van der Waals surface area contributed by atoms with Crippen LogP contribution in [0.2, 0.25) is 0 Å². The molecule has 1 aromatic carbocycles. The molecule has 1 saturated heterocycles. The molecule has 24 heavy (non-hydrogen) atoms. The predicted octanol–water partition coefficient (Wildman–Crippen LogP) is 1.38. The van der Waals surface area contributed by atoms with Gasteiger partial charge in [-0.3, -0.25) is 9.59 Å². The summed E-state index contributed by atoms with van der Waals surface area (Å²) < 4.78 is 22.6. The summed E-state index contributed by atoms with van der Waals surface area (Å²) in [6.07, 6.45) is 3.25. The highest BCUT2D eigenvalue weighted by Gasteiger charge is 2.24. The Labute approximate surface area is 141 Å². The summed E-state index contributed by atoms with van der Waals surface area (Å²) in [5.74, 6) is -0.242. The molecule has 2 heterocycles. The fraction of sp³-hybridized carbons (Fsp3) is 0.412. The zero-order valence-electron chi connectivity index (χ0n) is 13.3. The first-order valence-electron chi connectivity index (χ1n) is 8.00. The van der Waals surface area contributed by atoms with Gasteiger partial charge in [-0.05, 0) is 24.1 Å². The van der Waals surface area contributed by atoms with Crippen LogP contribution >= 0.6 is 0 Å². The molecule has 0 aromatic heterocycles. The van der Waals surface area contributed by atoms with Gasteiger partial charge in [0.25, 0.3) is 0 Å². The molecule has 2 amide bonds. The first-order chi connectivity index (χ1) is 11.4. The average Bonchev–Trinajstić information content (AvgIpc) is 3.11. The van der Waals surface area contributed by atoms with E-state index in [1.165, 1.54) is 5.41 Å². The molecule has 1 atom stereocenters. The number of nitrogens with one attached hydrogen (secondary N) is 1. The Morgan fingerprint density at radius 3 is 2.58 bits per heavy atom. The van der Waals surface area contributed by atoms with E-state index in [1.54, 1.807) is 11.0 Å². The summed E-state index contributed by atoms with van der Waals surface area (Å²) in [6, 6.07) is 7.55. The van der Waals surface area contributed by atoms with Gasteiger partial charge in [0.2, 0.25) is 11.8 Å². The lowest BCUT2D eigenvalue weighted by molar-refractivity contribution is -0.121. The van der Waals surface area contributed by atoms with Crippen molar-refractivity contribution in [2.75, 3.05) is 17.2 Å². The van der Waals surface area contributed by atoms with Crippen molar-refractivity contribution in [3.05, 3.63) is 41.3 Å². The minimum atomic E-state index is -3.12. The highest BCUT2D eigenvalue weighted by Crippen LogP contribution is 2.22. The van der Waals surface area contributed by atoms with Crippen molar-refractivity contribution < 1.29 is 18.0 Å². The fourth-order valence-corrected chi connectivity index (χ4v) is 4.39. The lowest BCUT2D eigenvalue weighted by Gasteiger charge is -2.16. The van der Waals surface area contributed by atoms with E-state index in [1.807, 2.05) is 24.3 Å². The zero-order chi connectivity index (χ0) is 17.2. The number of allylic oxidation sites excluding steroid dienone is 1. The molecule has 1 N–H and O–H groups in total. The van der Waals surface area contributed by atoms with Crippen LogP contribution in [-0.2, 0) is 26.0 Å². The Balaban J connectivity index is 1.49. The van der Waals surface area contributed by atoms with Gasteiger partial charge in [-0.1, -0.05) is 18.2 Å². The van der Waals surface area contributed by atoms with Crippen LogP contribution in [0.25, 0.3) is 0 Å². The van der Waals surface area contributed by atoms with Gasteiger partial charge in [-0.25, -0.2) is 8.42 Å². The second-order valence-electron chi connectivity index (χ2n) is 6.21. The molecule has 0 unspecified atom stereocenters. The molecule has 0 bridgehead atoms. The third kappa shape index (κ3) is 4.03. The summed E-state index contributed by atoms with van der Waals surface area (Å²) in [7, 11) is -3.12. The van der Waals surface area contributed by atoms with Crippen molar-refractivity contribution in [2.45, 2.75) is 25.8 Å². The summed E-state index contributed by atoms with van der Waals surface area (Å²) >= 11 is 0. The Morgan fingerprint density at radius 1 is 1.25 bits per heavy atom. The molecule has 2 aliphatic rings. The Morgan fingerprint density at radius 2 is 2.00 bits per heavy atom. The van der Waals surface area contributed by atoms with E-state index in [0.29, 0.717) is 13.0 Å². The van der Waals surface area contributed by atoms with Crippen LogP contribution < -0.4 is 10.2 Å². The lowest BCUT2D eigenvalue weighted by Crippen LogP contribution is -2.26. The smallest absolute Gasteiger partial charge is 0.227 e. The monoisotopic (exact) mass is 348 g/mol. The Kier molecular flexibility index (Phi) is 4.71. The number of hydrogen-bond donors (Lipinski definition) is 1. The molecule has 0 radical (unpaired) electrons. The largest absolute Gasteiger partial charge is 0.352 e. The Bertz CT molecular complexity index is 768. The molecule has 128 valence electrons. The van der Waals surface area contributed by atoms with Crippen molar-refractivity contribution in [2.24, 2.45) is 5.92 Å². The number of benzene rings is 1. The molecular formula is C17H20N2O4S. The number of hydrogen-bond acceptors (Lipinski definition) is 4. The molecule has 3 rings (SSSR count). The van der Waals surface area contributed by atoms with Gasteiger partial charge in [0, 0.05) is 42.9 Å².